The SMILES string of the molecule is CC(CCBr)CNC(=O)c1ccnc2ccccc12. The molecular formula is C15H17BrN2O. The first kappa shape index (κ1) is 14.0. The van der Waals surface area contributed by atoms with Gasteiger partial charge in [-0.05, 0) is 24.5 Å². The van der Waals surface area contributed by atoms with Gasteiger partial charge in [0.15, 0.2) is 0 Å². The maximum absolute atomic E-state index is 12.2. The van der Waals surface area contributed by atoms with Gasteiger partial charge in [0.05, 0.1) is 11.1 Å². The summed E-state index contributed by atoms with van der Waals surface area (Å²) in [5.41, 5.74) is 1.54. The number of rotatable bonds is 5. The molecule has 100 valence electrons. The largest absolute Gasteiger partial charge is 0.352 e. The van der Waals surface area contributed by atoms with Crippen molar-refractivity contribution in [2.45, 2.75) is 13.3 Å². The Kier molecular flexibility index (Phi) is 4.91. The molecule has 0 bridgehead atoms. The van der Waals surface area contributed by atoms with Crippen molar-refractivity contribution in [2.24, 2.45) is 5.92 Å². The monoisotopic (exact) mass is 320 g/mol. The van der Waals surface area contributed by atoms with Gasteiger partial charge in [0.1, 0.15) is 0 Å². The predicted molar refractivity (Wildman–Crippen MR) is 81.7 cm³/mol. The third kappa shape index (κ3) is 3.53. The van der Waals surface area contributed by atoms with Gasteiger partial charge in [-0.1, -0.05) is 41.1 Å². The summed E-state index contributed by atoms with van der Waals surface area (Å²) in [6.07, 6.45) is 2.73. The van der Waals surface area contributed by atoms with Crippen molar-refractivity contribution in [1.82, 2.24) is 10.3 Å². The Morgan fingerprint density at radius 3 is 2.95 bits per heavy atom. The van der Waals surface area contributed by atoms with Crippen LogP contribution in [-0.4, -0.2) is 22.8 Å². The lowest BCUT2D eigenvalue weighted by atomic mass is 10.1. The van der Waals surface area contributed by atoms with Crippen molar-refractivity contribution in [2.75, 3.05) is 11.9 Å². The highest BCUT2D eigenvalue weighted by Crippen LogP contribution is 2.16. The number of hydrogen-bond donors (Lipinski definition) is 1. The topological polar surface area (TPSA) is 42.0 Å². The summed E-state index contributed by atoms with van der Waals surface area (Å²) in [5, 5.41) is 4.85. The molecule has 1 aromatic heterocycles. The molecule has 19 heavy (non-hydrogen) atoms. The molecule has 1 amide bonds. The van der Waals surface area contributed by atoms with Crippen LogP contribution in [0.1, 0.15) is 23.7 Å². The number of carbonyl (C=O) groups excluding carboxylic acids is 1. The van der Waals surface area contributed by atoms with Crippen LogP contribution in [-0.2, 0) is 0 Å². The summed E-state index contributed by atoms with van der Waals surface area (Å²) < 4.78 is 0. The Labute approximate surface area is 121 Å². The van der Waals surface area contributed by atoms with E-state index in [0.717, 1.165) is 22.7 Å². The maximum atomic E-state index is 12.2. The smallest absolute Gasteiger partial charge is 0.252 e. The minimum absolute atomic E-state index is 0.0278. The number of alkyl halides is 1. The first-order chi connectivity index (χ1) is 9.22. The molecule has 1 atom stereocenters. The van der Waals surface area contributed by atoms with Gasteiger partial charge < -0.3 is 5.32 Å². The second kappa shape index (κ2) is 6.66. The Bertz CT molecular complexity index is 566. The van der Waals surface area contributed by atoms with Crippen molar-refractivity contribution in [1.29, 1.82) is 0 Å². The Morgan fingerprint density at radius 2 is 2.16 bits per heavy atom. The van der Waals surface area contributed by atoms with Gasteiger partial charge in [-0.2, -0.15) is 0 Å². The third-order valence-corrected chi connectivity index (χ3v) is 3.56. The fraction of sp³-hybridized carbons (Fsp3) is 0.333. The highest BCUT2D eigenvalue weighted by Gasteiger charge is 2.11. The molecule has 0 saturated carbocycles. The fourth-order valence-electron chi connectivity index (χ4n) is 1.94. The molecule has 1 heterocycles. The number of fused-ring (bicyclic) bond motifs is 1. The molecule has 1 unspecified atom stereocenters. The quantitative estimate of drug-likeness (QED) is 0.858. The molecular weight excluding hydrogens is 304 g/mol. The molecule has 1 N–H and O–H groups in total. The first-order valence-electron chi connectivity index (χ1n) is 6.40. The average molecular weight is 321 g/mol. The lowest BCUT2D eigenvalue weighted by Crippen LogP contribution is -2.28. The number of nitrogens with one attached hydrogen (secondary N) is 1. The third-order valence-electron chi connectivity index (χ3n) is 3.11. The van der Waals surface area contributed by atoms with E-state index in [-0.39, 0.29) is 5.91 Å². The van der Waals surface area contributed by atoms with E-state index in [9.17, 15) is 4.79 Å². The molecule has 1 aromatic carbocycles. The van der Waals surface area contributed by atoms with Crippen molar-refractivity contribution in [3.8, 4) is 0 Å². The van der Waals surface area contributed by atoms with E-state index in [0.29, 0.717) is 18.0 Å². The summed E-state index contributed by atoms with van der Waals surface area (Å²) >= 11 is 3.41. The second-order valence-electron chi connectivity index (χ2n) is 4.67. The average Bonchev–Trinajstić information content (AvgIpc) is 2.44. The number of amides is 1. The zero-order valence-corrected chi connectivity index (χ0v) is 12.5. The highest BCUT2D eigenvalue weighted by molar-refractivity contribution is 9.09. The van der Waals surface area contributed by atoms with Gasteiger partial charge in [0.2, 0.25) is 0 Å². The van der Waals surface area contributed by atoms with Gasteiger partial charge >= 0.3 is 0 Å². The summed E-state index contributed by atoms with van der Waals surface area (Å²) in [4.78, 5) is 16.5. The summed E-state index contributed by atoms with van der Waals surface area (Å²) in [6, 6.07) is 9.47. The molecule has 0 aliphatic rings. The van der Waals surface area contributed by atoms with E-state index in [1.807, 2.05) is 24.3 Å². The molecule has 0 aliphatic carbocycles. The lowest BCUT2D eigenvalue weighted by Gasteiger charge is -2.12. The van der Waals surface area contributed by atoms with Crippen molar-refractivity contribution in [3.63, 3.8) is 0 Å². The van der Waals surface area contributed by atoms with Crippen molar-refractivity contribution >= 4 is 32.7 Å². The van der Waals surface area contributed by atoms with E-state index in [1.54, 1.807) is 12.3 Å². The highest BCUT2D eigenvalue weighted by atomic mass is 79.9. The zero-order valence-electron chi connectivity index (χ0n) is 10.9. The maximum Gasteiger partial charge on any atom is 0.252 e. The number of aromatic nitrogens is 1. The van der Waals surface area contributed by atoms with Crippen LogP contribution in [0.4, 0.5) is 0 Å². The second-order valence-corrected chi connectivity index (χ2v) is 5.46. The van der Waals surface area contributed by atoms with Crippen molar-refractivity contribution < 1.29 is 4.79 Å². The van der Waals surface area contributed by atoms with E-state index < -0.39 is 0 Å². The van der Waals surface area contributed by atoms with Crippen molar-refractivity contribution in [3.05, 3.63) is 42.1 Å². The lowest BCUT2D eigenvalue weighted by molar-refractivity contribution is 0.0949. The van der Waals surface area contributed by atoms with E-state index in [1.165, 1.54) is 0 Å². The molecule has 2 aromatic rings. The molecule has 0 aliphatic heterocycles. The predicted octanol–water partition coefficient (Wildman–Crippen LogP) is 3.39. The minimum atomic E-state index is -0.0278. The van der Waals surface area contributed by atoms with Gasteiger partial charge in [-0.15, -0.1) is 0 Å². The van der Waals surface area contributed by atoms with Gasteiger partial charge in [-0.3, -0.25) is 9.78 Å². The molecule has 4 heteroatoms. The van der Waals surface area contributed by atoms with Crippen LogP contribution < -0.4 is 5.32 Å². The van der Waals surface area contributed by atoms with Crippen LogP contribution in [0.2, 0.25) is 0 Å². The number of pyridine rings is 1. The standard InChI is InChI=1S/C15H17BrN2O/c1-11(6-8-16)10-18-15(19)13-7-9-17-14-5-3-2-4-12(13)14/h2-5,7,9,11H,6,8,10H2,1H3,(H,18,19). The van der Waals surface area contributed by atoms with Crippen LogP contribution in [0.25, 0.3) is 10.9 Å². The van der Waals surface area contributed by atoms with Gasteiger partial charge in [0, 0.05) is 23.5 Å². The molecule has 0 fully saturated rings. The van der Waals surface area contributed by atoms with E-state index in [2.05, 4.69) is 33.2 Å². The van der Waals surface area contributed by atoms with Crippen LogP contribution in [0, 0.1) is 5.92 Å². The number of para-hydroxylation sites is 1. The Morgan fingerprint density at radius 1 is 1.37 bits per heavy atom. The fourth-order valence-corrected chi connectivity index (χ4v) is 2.73. The number of benzene rings is 1. The zero-order chi connectivity index (χ0) is 13.7. The van der Waals surface area contributed by atoms with E-state index in [4.69, 9.17) is 0 Å². The normalized spacial score (nSPS) is 12.3. The Hall–Kier alpha value is -1.42. The molecule has 0 saturated heterocycles. The number of halogens is 1. The molecule has 0 spiro atoms. The van der Waals surface area contributed by atoms with Gasteiger partial charge in [-0.25, -0.2) is 0 Å². The number of carbonyl (C=O) groups is 1. The van der Waals surface area contributed by atoms with Gasteiger partial charge in [0.25, 0.3) is 5.91 Å². The minimum Gasteiger partial charge on any atom is -0.352 e. The first-order valence-corrected chi connectivity index (χ1v) is 7.52. The summed E-state index contributed by atoms with van der Waals surface area (Å²) in [5.74, 6) is 0.441. The van der Waals surface area contributed by atoms with E-state index >= 15 is 0 Å². The van der Waals surface area contributed by atoms with Crippen LogP contribution in [0.3, 0.4) is 0 Å². The van der Waals surface area contributed by atoms with Crippen LogP contribution in [0.5, 0.6) is 0 Å². The van der Waals surface area contributed by atoms with Crippen LogP contribution in [0.15, 0.2) is 36.5 Å². The van der Waals surface area contributed by atoms with Crippen LogP contribution >= 0.6 is 15.9 Å². The molecule has 2 rings (SSSR count). The summed E-state index contributed by atoms with van der Waals surface area (Å²) in [7, 11) is 0. The Balaban J connectivity index is 2.13. The molecule has 0 radical (unpaired) electrons. The number of nitrogens with zero attached hydrogens (tertiary/aromatic N) is 1. The summed E-state index contributed by atoms with van der Waals surface area (Å²) in [6.45, 7) is 2.83. The molecule has 3 nitrogen and oxygen atoms in total. The number of hydrogen-bond acceptors (Lipinski definition) is 2.